The van der Waals surface area contributed by atoms with E-state index in [4.69, 9.17) is 0 Å². The first kappa shape index (κ1) is 8.02. The Morgan fingerprint density at radius 2 is 1.92 bits per heavy atom. The van der Waals surface area contributed by atoms with Gasteiger partial charge in [-0.05, 0) is 43.4 Å². The topological polar surface area (TPSA) is 17.1 Å². The van der Waals surface area contributed by atoms with Gasteiger partial charge in [0.1, 0.15) is 5.78 Å². The molecule has 1 nitrogen and oxygen atoms in total. The van der Waals surface area contributed by atoms with Crippen LogP contribution in [0.4, 0.5) is 0 Å². The Morgan fingerprint density at radius 1 is 1.23 bits per heavy atom. The molecule has 4 atom stereocenters. The summed E-state index contributed by atoms with van der Waals surface area (Å²) in [6.45, 7) is 4.29. The van der Waals surface area contributed by atoms with Crippen molar-refractivity contribution in [2.75, 3.05) is 0 Å². The number of hydrogen-bond donors (Lipinski definition) is 0. The Bertz CT molecular complexity index is 266. The summed E-state index contributed by atoms with van der Waals surface area (Å²) >= 11 is 0. The molecule has 0 N–H and O–H groups in total. The molecule has 0 radical (unpaired) electrons. The molecule has 72 valence electrons. The molecular weight excluding hydrogens is 160 g/mol. The van der Waals surface area contributed by atoms with Gasteiger partial charge in [-0.2, -0.15) is 0 Å². The van der Waals surface area contributed by atoms with Gasteiger partial charge in [0, 0.05) is 11.3 Å². The van der Waals surface area contributed by atoms with Crippen LogP contribution in [0, 0.1) is 29.1 Å². The van der Waals surface area contributed by atoms with Gasteiger partial charge in [0.05, 0.1) is 0 Å². The van der Waals surface area contributed by atoms with Gasteiger partial charge in [-0.15, -0.1) is 0 Å². The fourth-order valence-electron chi connectivity index (χ4n) is 4.25. The summed E-state index contributed by atoms with van der Waals surface area (Å²) in [5.74, 6) is 3.55. The first-order valence-electron chi connectivity index (χ1n) is 5.64. The van der Waals surface area contributed by atoms with E-state index in [1.165, 1.54) is 25.7 Å². The highest BCUT2D eigenvalue weighted by Crippen LogP contribution is 2.61. The molecule has 4 unspecified atom stereocenters. The molecule has 3 rings (SSSR count). The van der Waals surface area contributed by atoms with Crippen molar-refractivity contribution in [2.45, 2.75) is 39.5 Å². The van der Waals surface area contributed by atoms with Gasteiger partial charge >= 0.3 is 0 Å². The minimum Gasteiger partial charge on any atom is -0.299 e. The molecule has 3 aliphatic carbocycles. The Morgan fingerprint density at radius 3 is 2.62 bits per heavy atom. The highest BCUT2D eigenvalue weighted by atomic mass is 16.1. The molecule has 1 heteroatoms. The van der Waals surface area contributed by atoms with Crippen molar-refractivity contribution < 1.29 is 4.79 Å². The van der Waals surface area contributed by atoms with E-state index in [1.807, 2.05) is 0 Å². The molecule has 3 saturated carbocycles. The minimum absolute atomic E-state index is 0.0105. The van der Waals surface area contributed by atoms with Crippen molar-refractivity contribution in [3.05, 3.63) is 0 Å². The summed E-state index contributed by atoms with van der Waals surface area (Å²) in [7, 11) is 0. The molecule has 0 saturated heterocycles. The van der Waals surface area contributed by atoms with Gasteiger partial charge in [-0.25, -0.2) is 0 Å². The fraction of sp³-hybridized carbons (Fsp3) is 0.917. The molecule has 2 bridgehead atoms. The van der Waals surface area contributed by atoms with Gasteiger partial charge in [0.25, 0.3) is 0 Å². The first-order chi connectivity index (χ1) is 6.09. The molecule has 3 aliphatic rings. The van der Waals surface area contributed by atoms with Crippen molar-refractivity contribution in [3.8, 4) is 0 Å². The van der Waals surface area contributed by atoms with E-state index in [-0.39, 0.29) is 5.41 Å². The normalized spacial score (nSPS) is 51.4. The van der Waals surface area contributed by atoms with Crippen LogP contribution >= 0.6 is 0 Å². The van der Waals surface area contributed by atoms with Crippen LogP contribution in [0.3, 0.4) is 0 Å². The summed E-state index contributed by atoms with van der Waals surface area (Å²) in [5, 5.41) is 0. The van der Waals surface area contributed by atoms with E-state index in [1.54, 1.807) is 0 Å². The SMILES string of the molecule is CC1(C)CC2C3CCC(C3)C2C1=O. The van der Waals surface area contributed by atoms with Crippen molar-refractivity contribution in [2.24, 2.45) is 29.1 Å². The van der Waals surface area contributed by atoms with Crippen molar-refractivity contribution in [3.63, 3.8) is 0 Å². The van der Waals surface area contributed by atoms with Crippen LogP contribution in [0.2, 0.25) is 0 Å². The van der Waals surface area contributed by atoms with Crippen LogP contribution in [0.1, 0.15) is 39.5 Å². The van der Waals surface area contributed by atoms with Crippen molar-refractivity contribution >= 4 is 5.78 Å². The van der Waals surface area contributed by atoms with Gasteiger partial charge in [-0.1, -0.05) is 13.8 Å². The second-order valence-electron chi connectivity index (χ2n) is 5.98. The molecular formula is C12H18O. The number of Topliss-reactive ketones (excluding diaryl/α,β-unsaturated/α-hetero) is 1. The summed E-state index contributed by atoms with van der Waals surface area (Å²) in [6, 6.07) is 0. The number of rotatable bonds is 0. The van der Waals surface area contributed by atoms with E-state index in [0.29, 0.717) is 11.7 Å². The highest BCUT2D eigenvalue weighted by molar-refractivity contribution is 5.89. The Kier molecular flexibility index (Phi) is 1.35. The Balaban J connectivity index is 1.97. The summed E-state index contributed by atoms with van der Waals surface area (Å²) in [6.07, 6.45) is 5.30. The van der Waals surface area contributed by atoms with Gasteiger partial charge in [-0.3, -0.25) is 4.79 Å². The minimum atomic E-state index is 0.0105. The fourth-order valence-corrected chi connectivity index (χ4v) is 4.25. The lowest BCUT2D eigenvalue weighted by Crippen LogP contribution is -2.26. The van der Waals surface area contributed by atoms with E-state index >= 15 is 0 Å². The first-order valence-corrected chi connectivity index (χ1v) is 5.64. The lowest BCUT2D eigenvalue weighted by molar-refractivity contribution is -0.128. The Hall–Kier alpha value is -0.330. The smallest absolute Gasteiger partial charge is 0.142 e. The molecule has 0 aromatic carbocycles. The predicted octanol–water partition coefficient (Wildman–Crippen LogP) is 2.65. The maximum Gasteiger partial charge on any atom is 0.142 e. The summed E-state index contributed by atoms with van der Waals surface area (Å²) in [4.78, 5) is 12.1. The second-order valence-corrected chi connectivity index (χ2v) is 5.98. The van der Waals surface area contributed by atoms with E-state index < -0.39 is 0 Å². The van der Waals surface area contributed by atoms with Gasteiger partial charge in [0.2, 0.25) is 0 Å². The quantitative estimate of drug-likeness (QED) is 0.557. The van der Waals surface area contributed by atoms with Crippen LogP contribution in [0.5, 0.6) is 0 Å². The van der Waals surface area contributed by atoms with Crippen LogP contribution in [0.15, 0.2) is 0 Å². The average Bonchev–Trinajstić information content (AvgIpc) is 2.65. The average molecular weight is 178 g/mol. The third-order valence-corrected chi connectivity index (χ3v) is 4.80. The van der Waals surface area contributed by atoms with E-state index in [0.717, 1.165) is 17.8 Å². The third kappa shape index (κ3) is 0.858. The number of carbonyl (C=O) groups is 1. The van der Waals surface area contributed by atoms with Gasteiger partial charge < -0.3 is 0 Å². The lowest BCUT2D eigenvalue weighted by Gasteiger charge is -2.22. The monoisotopic (exact) mass is 178 g/mol. The maximum atomic E-state index is 12.1. The summed E-state index contributed by atoms with van der Waals surface area (Å²) in [5.41, 5.74) is 0.0105. The third-order valence-electron chi connectivity index (χ3n) is 4.80. The molecule has 13 heavy (non-hydrogen) atoms. The molecule has 0 heterocycles. The van der Waals surface area contributed by atoms with Crippen LogP contribution in [-0.2, 0) is 4.79 Å². The largest absolute Gasteiger partial charge is 0.299 e. The highest BCUT2D eigenvalue weighted by Gasteiger charge is 2.58. The lowest BCUT2D eigenvalue weighted by atomic mass is 9.81. The van der Waals surface area contributed by atoms with Crippen molar-refractivity contribution in [1.29, 1.82) is 0 Å². The van der Waals surface area contributed by atoms with Crippen LogP contribution < -0.4 is 0 Å². The van der Waals surface area contributed by atoms with E-state index in [2.05, 4.69) is 13.8 Å². The number of carbonyl (C=O) groups excluding carboxylic acids is 1. The summed E-state index contributed by atoms with van der Waals surface area (Å²) < 4.78 is 0. The van der Waals surface area contributed by atoms with Crippen molar-refractivity contribution in [1.82, 2.24) is 0 Å². The standard InChI is InChI=1S/C12H18O/c1-12(2)6-9-7-3-4-8(5-7)10(9)11(12)13/h7-10H,3-6H2,1-2H3. The molecule has 3 fully saturated rings. The second kappa shape index (κ2) is 2.18. The molecule has 0 spiro atoms. The zero-order chi connectivity index (χ0) is 9.22. The van der Waals surface area contributed by atoms with E-state index in [9.17, 15) is 4.79 Å². The van der Waals surface area contributed by atoms with Gasteiger partial charge in [0.15, 0.2) is 0 Å². The Labute approximate surface area is 79.9 Å². The maximum absolute atomic E-state index is 12.1. The zero-order valence-electron chi connectivity index (χ0n) is 8.55. The molecule has 0 aromatic heterocycles. The molecule has 0 aliphatic heterocycles. The number of ketones is 1. The molecule has 0 amide bonds. The predicted molar refractivity (Wildman–Crippen MR) is 51.2 cm³/mol. The number of fused-ring (bicyclic) bond motifs is 5. The zero-order valence-corrected chi connectivity index (χ0v) is 8.55. The van der Waals surface area contributed by atoms with Crippen LogP contribution in [0.25, 0.3) is 0 Å². The number of hydrogen-bond acceptors (Lipinski definition) is 1. The molecule has 0 aromatic rings. The van der Waals surface area contributed by atoms with Crippen LogP contribution in [-0.4, -0.2) is 5.78 Å².